The number of para-hydroxylation sites is 1. The first-order chi connectivity index (χ1) is 11.8. The van der Waals surface area contributed by atoms with Gasteiger partial charge < -0.3 is 15.2 Å². The van der Waals surface area contributed by atoms with Crippen LogP contribution in [-0.2, 0) is 6.42 Å². The second-order valence-electron chi connectivity index (χ2n) is 5.79. The van der Waals surface area contributed by atoms with Crippen molar-refractivity contribution in [1.82, 2.24) is 5.32 Å². The topological polar surface area (TPSA) is 41.5 Å². The Morgan fingerprint density at radius 2 is 1.83 bits per heavy atom. The zero-order valence-electron chi connectivity index (χ0n) is 14.3. The van der Waals surface area contributed by atoms with Crippen molar-refractivity contribution in [3.8, 4) is 5.75 Å². The molecule has 1 unspecified atom stereocenters. The maximum absolute atomic E-state index is 9.95. The molecule has 3 nitrogen and oxygen atoms in total. The van der Waals surface area contributed by atoms with Gasteiger partial charge in [-0.3, -0.25) is 0 Å². The van der Waals surface area contributed by atoms with E-state index in [2.05, 4.69) is 42.6 Å². The number of rotatable bonds is 10. The van der Waals surface area contributed by atoms with Crippen molar-refractivity contribution in [3.05, 3.63) is 71.8 Å². The van der Waals surface area contributed by atoms with Crippen LogP contribution in [0.15, 0.2) is 60.7 Å². The van der Waals surface area contributed by atoms with Gasteiger partial charge in [-0.25, -0.2) is 0 Å². The van der Waals surface area contributed by atoms with Crippen LogP contribution < -0.4 is 10.1 Å². The number of benzene rings is 2. The van der Waals surface area contributed by atoms with Crippen LogP contribution in [0.2, 0.25) is 0 Å². The van der Waals surface area contributed by atoms with Crippen molar-refractivity contribution >= 4 is 6.08 Å². The molecule has 2 N–H and O–H groups in total. The summed E-state index contributed by atoms with van der Waals surface area (Å²) in [6.07, 6.45) is 5.61. The Morgan fingerprint density at radius 1 is 1.08 bits per heavy atom. The molecule has 1 atom stereocenters. The zero-order chi connectivity index (χ0) is 17.0. The Balaban J connectivity index is 1.86. The van der Waals surface area contributed by atoms with Gasteiger partial charge in [0.2, 0.25) is 0 Å². The average Bonchev–Trinajstić information content (AvgIpc) is 2.62. The number of hydrogen-bond donors (Lipinski definition) is 2. The molecule has 0 radical (unpaired) electrons. The van der Waals surface area contributed by atoms with Crippen LogP contribution in [0.4, 0.5) is 0 Å². The molecule has 0 heterocycles. The number of nitrogens with one attached hydrogen (secondary N) is 1. The number of hydrogen-bond acceptors (Lipinski definition) is 3. The van der Waals surface area contributed by atoms with Crippen molar-refractivity contribution in [1.29, 1.82) is 0 Å². The fraction of sp³-hybridized carbons (Fsp3) is 0.333. The Bertz CT molecular complexity index is 610. The van der Waals surface area contributed by atoms with Crippen LogP contribution in [0.5, 0.6) is 5.75 Å². The van der Waals surface area contributed by atoms with Gasteiger partial charge in [0.05, 0.1) is 0 Å². The molecule has 0 aromatic heterocycles. The quantitative estimate of drug-likeness (QED) is 0.655. The third-order valence-electron chi connectivity index (χ3n) is 3.66. The summed E-state index contributed by atoms with van der Waals surface area (Å²) in [5.41, 5.74) is 2.31. The number of aliphatic hydroxyl groups excluding tert-OH is 1. The maximum atomic E-state index is 9.95. The van der Waals surface area contributed by atoms with Crippen LogP contribution in [0.1, 0.15) is 24.5 Å². The first-order valence-electron chi connectivity index (χ1n) is 8.60. The molecular weight excluding hydrogens is 298 g/mol. The van der Waals surface area contributed by atoms with E-state index in [0.717, 1.165) is 30.7 Å². The highest BCUT2D eigenvalue weighted by atomic mass is 16.5. The van der Waals surface area contributed by atoms with Crippen molar-refractivity contribution in [2.75, 3.05) is 19.7 Å². The van der Waals surface area contributed by atoms with E-state index in [9.17, 15) is 5.11 Å². The lowest BCUT2D eigenvalue weighted by Gasteiger charge is -2.15. The van der Waals surface area contributed by atoms with Crippen molar-refractivity contribution in [3.63, 3.8) is 0 Å². The van der Waals surface area contributed by atoms with Gasteiger partial charge in [-0.05, 0) is 36.6 Å². The summed E-state index contributed by atoms with van der Waals surface area (Å²) in [5, 5.41) is 13.1. The molecule has 3 heteroatoms. The Hall–Kier alpha value is -2.10. The smallest absolute Gasteiger partial charge is 0.122 e. The third kappa shape index (κ3) is 6.57. The van der Waals surface area contributed by atoms with Gasteiger partial charge >= 0.3 is 0 Å². The molecule has 0 aliphatic rings. The fourth-order valence-corrected chi connectivity index (χ4v) is 2.39. The molecule has 0 amide bonds. The lowest BCUT2D eigenvalue weighted by atomic mass is 10.1. The predicted molar refractivity (Wildman–Crippen MR) is 100 cm³/mol. The highest BCUT2D eigenvalue weighted by Gasteiger charge is 2.07. The molecule has 0 aliphatic heterocycles. The Kier molecular flexibility index (Phi) is 8.08. The molecule has 0 fully saturated rings. The van der Waals surface area contributed by atoms with E-state index in [1.807, 2.05) is 36.4 Å². The second kappa shape index (κ2) is 10.6. The summed E-state index contributed by atoms with van der Waals surface area (Å²) in [5.74, 6) is 0.838. The molecule has 24 heavy (non-hydrogen) atoms. The molecule has 2 rings (SSSR count). The Morgan fingerprint density at radius 3 is 2.62 bits per heavy atom. The van der Waals surface area contributed by atoms with Gasteiger partial charge in [0.15, 0.2) is 0 Å². The van der Waals surface area contributed by atoms with E-state index in [4.69, 9.17) is 4.74 Å². The van der Waals surface area contributed by atoms with Crippen LogP contribution in [0, 0.1) is 0 Å². The van der Waals surface area contributed by atoms with Gasteiger partial charge in [0.25, 0.3) is 0 Å². The second-order valence-corrected chi connectivity index (χ2v) is 5.79. The SMILES string of the molecule is CCCNCC(O)COc1ccccc1C/C=C/c1ccccc1. The highest BCUT2D eigenvalue weighted by Crippen LogP contribution is 2.19. The summed E-state index contributed by atoms with van der Waals surface area (Å²) in [6, 6.07) is 18.2. The van der Waals surface area contributed by atoms with E-state index < -0.39 is 6.10 Å². The van der Waals surface area contributed by atoms with E-state index in [1.54, 1.807) is 0 Å². The molecule has 2 aromatic carbocycles. The largest absolute Gasteiger partial charge is 0.491 e. The first kappa shape index (κ1) is 18.2. The number of allylic oxidation sites excluding steroid dienone is 1. The van der Waals surface area contributed by atoms with E-state index in [0.29, 0.717) is 13.2 Å². The average molecular weight is 325 g/mol. The van der Waals surface area contributed by atoms with E-state index >= 15 is 0 Å². The van der Waals surface area contributed by atoms with Gasteiger partial charge in [0.1, 0.15) is 18.5 Å². The van der Waals surface area contributed by atoms with Gasteiger partial charge in [-0.1, -0.05) is 67.6 Å². The molecule has 2 aromatic rings. The van der Waals surface area contributed by atoms with Gasteiger partial charge in [-0.2, -0.15) is 0 Å². The van der Waals surface area contributed by atoms with Crippen molar-refractivity contribution in [2.45, 2.75) is 25.9 Å². The first-order valence-corrected chi connectivity index (χ1v) is 8.60. The summed E-state index contributed by atoms with van der Waals surface area (Å²) in [7, 11) is 0. The number of ether oxygens (including phenoxy) is 1. The standard InChI is InChI=1S/C21H27NO2/c1-2-15-22-16-20(23)17-24-21-14-7-6-12-19(21)13-8-11-18-9-4-3-5-10-18/h3-12,14,20,22-23H,2,13,15-17H2,1H3/b11-8+. The predicted octanol–water partition coefficient (Wildman–Crippen LogP) is 3.68. The highest BCUT2D eigenvalue weighted by molar-refractivity contribution is 5.50. The fourth-order valence-electron chi connectivity index (χ4n) is 2.39. The van der Waals surface area contributed by atoms with Crippen molar-refractivity contribution < 1.29 is 9.84 Å². The normalized spacial score (nSPS) is 12.4. The minimum atomic E-state index is -0.496. The number of aliphatic hydroxyl groups is 1. The van der Waals surface area contributed by atoms with Gasteiger partial charge in [-0.15, -0.1) is 0 Å². The molecule has 0 aliphatic carbocycles. The molecular formula is C21H27NO2. The van der Waals surface area contributed by atoms with Crippen molar-refractivity contribution in [2.24, 2.45) is 0 Å². The summed E-state index contributed by atoms with van der Waals surface area (Å²) >= 11 is 0. The minimum absolute atomic E-state index is 0.302. The lowest BCUT2D eigenvalue weighted by molar-refractivity contribution is 0.106. The van der Waals surface area contributed by atoms with Gasteiger partial charge in [0, 0.05) is 6.54 Å². The zero-order valence-corrected chi connectivity index (χ0v) is 14.3. The summed E-state index contributed by atoms with van der Waals surface area (Å²) in [4.78, 5) is 0. The molecule has 128 valence electrons. The minimum Gasteiger partial charge on any atom is -0.491 e. The molecule has 0 spiro atoms. The summed E-state index contributed by atoms with van der Waals surface area (Å²) in [6.45, 7) is 3.88. The maximum Gasteiger partial charge on any atom is 0.122 e. The van der Waals surface area contributed by atoms with Crippen LogP contribution >= 0.6 is 0 Å². The lowest BCUT2D eigenvalue weighted by Crippen LogP contribution is -2.31. The summed E-state index contributed by atoms with van der Waals surface area (Å²) < 4.78 is 5.81. The molecule has 0 saturated carbocycles. The van der Waals surface area contributed by atoms with Crippen LogP contribution in [-0.4, -0.2) is 30.9 Å². The van der Waals surface area contributed by atoms with Crippen LogP contribution in [0.25, 0.3) is 6.08 Å². The van der Waals surface area contributed by atoms with Crippen LogP contribution in [0.3, 0.4) is 0 Å². The van der Waals surface area contributed by atoms with E-state index in [-0.39, 0.29) is 0 Å². The molecule has 0 bridgehead atoms. The Labute approximate surface area is 145 Å². The molecule has 0 saturated heterocycles. The third-order valence-corrected chi connectivity index (χ3v) is 3.66. The monoisotopic (exact) mass is 325 g/mol. The van der Waals surface area contributed by atoms with E-state index in [1.165, 1.54) is 5.56 Å².